The minimum Gasteiger partial charge on any atom is -0.339 e. The molecule has 2 fully saturated rings. The largest absolute Gasteiger partial charge is 0.339 e. The van der Waals surface area contributed by atoms with E-state index in [-0.39, 0.29) is 17.7 Å². The van der Waals surface area contributed by atoms with Crippen molar-refractivity contribution >= 4 is 29.2 Å². The summed E-state index contributed by atoms with van der Waals surface area (Å²) in [5.74, 6) is -0.320. The number of aryl methyl sites for hydroxylation is 1. The first-order valence-corrected chi connectivity index (χ1v) is 10.3. The number of likely N-dealkylation sites (tertiary alicyclic amines) is 1. The molecule has 0 spiro atoms. The zero-order chi connectivity index (χ0) is 19.9. The van der Waals surface area contributed by atoms with Gasteiger partial charge in [0.05, 0.1) is 17.0 Å². The van der Waals surface area contributed by atoms with Gasteiger partial charge in [0, 0.05) is 24.0 Å². The molecule has 8 heteroatoms. The number of pyridine rings is 1. The van der Waals surface area contributed by atoms with Crippen molar-refractivity contribution in [1.82, 2.24) is 20.5 Å². The molecule has 0 bridgehead atoms. The number of nitrogens with one attached hydrogen (secondary N) is 2. The molecule has 28 heavy (non-hydrogen) atoms. The van der Waals surface area contributed by atoms with Crippen LogP contribution in [-0.4, -0.2) is 46.4 Å². The second-order valence-corrected chi connectivity index (χ2v) is 8.30. The number of imide groups is 1. The van der Waals surface area contributed by atoms with Crippen LogP contribution in [0.2, 0.25) is 0 Å². The minimum absolute atomic E-state index is 0.00295. The Labute approximate surface area is 167 Å². The first-order chi connectivity index (χ1) is 13.4. The number of nitrogens with zero attached hydrogens (tertiary/aromatic N) is 2. The molecule has 7 nitrogen and oxygen atoms in total. The maximum absolute atomic E-state index is 13.0. The normalized spacial score (nSPS) is 22.9. The molecule has 0 radical (unpaired) electrons. The average molecular weight is 398 g/mol. The molecule has 4 heterocycles. The van der Waals surface area contributed by atoms with Gasteiger partial charge in [-0.3, -0.25) is 19.9 Å². The van der Waals surface area contributed by atoms with E-state index in [0.717, 1.165) is 11.3 Å². The molecular formula is C20H22N4O3S. The summed E-state index contributed by atoms with van der Waals surface area (Å²) >= 11 is 1.61. The van der Waals surface area contributed by atoms with Gasteiger partial charge < -0.3 is 10.2 Å². The molecule has 146 valence electrons. The average Bonchev–Trinajstić information content (AvgIpc) is 3.30. The van der Waals surface area contributed by atoms with Crippen LogP contribution < -0.4 is 10.6 Å². The Morgan fingerprint density at radius 3 is 2.57 bits per heavy atom. The molecule has 0 saturated carbocycles. The second-order valence-electron chi connectivity index (χ2n) is 7.52. The van der Waals surface area contributed by atoms with Crippen molar-refractivity contribution in [2.45, 2.75) is 32.2 Å². The highest BCUT2D eigenvalue weighted by Gasteiger charge is 2.48. The molecule has 0 aliphatic carbocycles. The van der Waals surface area contributed by atoms with E-state index in [1.807, 2.05) is 40.8 Å². The monoisotopic (exact) mass is 398 g/mol. The fourth-order valence-corrected chi connectivity index (χ4v) is 4.68. The van der Waals surface area contributed by atoms with Crippen LogP contribution >= 0.6 is 11.3 Å². The Morgan fingerprint density at radius 2 is 2.00 bits per heavy atom. The number of thiophene rings is 1. The predicted molar refractivity (Wildman–Crippen MR) is 106 cm³/mol. The number of rotatable bonds is 3. The third-order valence-corrected chi connectivity index (χ3v) is 6.49. The minimum atomic E-state index is -0.897. The van der Waals surface area contributed by atoms with E-state index >= 15 is 0 Å². The lowest BCUT2D eigenvalue weighted by molar-refractivity contribution is -0.125. The number of aromatic nitrogens is 1. The van der Waals surface area contributed by atoms with Crippen LogP contribution in [0.4, 0.5) is 4.79 Å². The van der Waals surface area contributed by atoms with Crippen LogP contribution in [-0.2, 0) is 4.79 Å². The lowest BCUT2D eigenvalue weighted by Gasteiger charge is -2.38. The highest BCUT2D eigenvalue weighted by Crippen LogP contribution is 2.31. The zero-order valence-corrected chi connectivity index (χ0v) is 16.6. The van der Waals surface area contributed by atoms with Gasteiger partial charge in [-0.2, -0.15) is 11.3 Å². The third-order valence-electron chi connectivity index (χ3n) is 5.80. The molecule has 1 atom stereocenters. The summed E-state index contributed by atoms with van der Waals surface area (Å²) < 4.78 is 0. The lowest BCUT2D eigenvalue weighted by Crippen LogP contribution is -2.54. The number of amides is 4. The number of carbonyl (C=O) groups is 3. The van der Waals surface area contributed by atoms with Crippen molar-refractivity contribution in [1.29, 1.82) is 0 Å². The van der Waals surface area contributed by atoms with Crippen molar-refractivity contribution in [3.05, 3.63) is 40.2 Å². The topological polar surface area (TPSA) is 91.4 Å². The SMILES string of the molecule is Cc1nc(-c2ccsc2)ccc1C(=O)N1CCC(C2(C)NC(=O)NC2=O)CC1. The van der Waals surface area contributed by atoms with Gasteiger partial charge in [0.25, 0.3) is 11.8 Å². The summed E-state index contributed by atoms with van der Waals surface area (Å²) in [5, 5.41) is 9.09. The van der Waals surface area contributed by atoms with E-state index in [1.54, 1.807) is 18.3 Å². The molecule has 2 aliphatic heterocycles. The van der Waals surface area contributed by atoms with Crippen LogP contribution in [0.25, 0.3) is 11.3 Å². The highest BCUT2D eigenvalue weighted by molar-refractivity contribution is 7.08. The van der Waals surface area contributed by atoms with Gasteiger partial charge in [0.1, 0.15) is 5.54 Å². The van der Waals surface area contributed by atoms with Crippen molar-refractivity contribution in [3.63, 3.8) is 0 Å². The van der Waals surface area contributed by atoms with Gasteiger partial charge in [0.2, 0.25) is 0 Å². The summed E-state index contributed by atoms with van der Waals surface area (Å²) in [6, 6.07) is 5.29. The van der Waals surface area contributed by atoms with E-state index in [4.69, 9.17) is 0 Å². The first-order valence-electron chi connectivity index (χ1n) is 9.31. The molecule has 2 saturated heterocycles. The smallest absolute Gasteiger partial charge is 0.322 e. The summed E-state index contributed by atoms with van der Waals surface area (Å²) in [4.78, 5) is 43.0. The molecule has 1 unspecified atom stereocenters. The van der Waals surface area contributed by atoms with Gasteiger partial charge in [0.15, 0.2) is 0 Å². The van der Waals surface area contributed by atoms with Crippen LogP contribution in [0.5, 0.6) is 0 Å². The number of hydrogen-bond donors (Lipinski definition) is 2. The summed E-state index contributed by atoms with van der Waals surface area (Å²) in [6.45, 7) is 4.71. The maximum atomic E-state index is 13.0. The van der Waals surface area contributed by atoms with Gasteiger partial charge >= 0.3 is 6.03 Å². The van der Waals surface area contributed by atoms with Crippen LogP contribution in [0.3, 0.4) is 0 Å². The van der Waals surface area contributed by atoms with Crippen molar-refractivity contribution in [3.8, 4) is 11.3 Å². The molecule has 2 aliphatic rings. The van der Waals surface area contributed by atoms with Crippen LogP contribution in [0.1, 0.15) is 35.8 Å². The molecule has 2 N–H and O–H groups in total. The Balaban J connectivity index is 1.44. The number of urea groups is 1. The van der Waals surface area contributed by atoms with Gasteiger partial charge in [-0.25, -0.2) is 4.79 Å². The third kappa shape index (κ3) is 3.17. The van der Waals surface area contributed by atoms with Crippen molar-refractivity contribution in [2.75, 3.05) is 13.1 Å². The molecule has 2 aromatic rings. The summed E-state index contributed by atoms with van der Waals surface area (Å²) in [7, 11) is 0. The van der Waals surface area contributed by atoms with E-state index in [0.29, 0.717) is 37.2 Å². The summed E-state index contributed by atoms with van der Waals surface area (Å²) in [5.41, 5.74) is 2.34. The quantitative estimate of drug-likeness (QED) is 0.778. The zero-order valence-electron chi connectivity index (χ0n) is 15.8. The Kier molecular flexibility index (Phi) is 4.66. The van der Waals surface area contributed by atoms with Crippen molar-refractivity contribution < 1.29 is 14.4 Å². The van der Waals surface area contributed by atoms with Crippen molar-refractivity contribution in [2.24, 2.45) is 5.92 Å². The Hall–Kier alpha value is -2.74. The standard InChI is InChI=1S/C20H22N4O3S/c1-12-15(3-4-16(21-12)13-7-10-28-11-13)17(25)24-8-5-14(6-9-24)20(2)18(26)22-19(27)23-20/h3-4,7,10-11,14H,5-6,8-9H2,1-2H3,(H2,22,23,26,27). The molecule has 0 aromatic carbocycles. The Bertz CT molecular complexity index is 935. The Morgan fingerprint density at radius 1 is 1.25 bits per heavy atom. The highest BCUT2D eigenvalue weighted by atomic mass is 32.1. The van der Waals surface area contributed by atoms with Gasteiger partial charge in [-0.1, -0.05) is 0 Å². The number of piperidine rings is 1. The number of hydrogen-bond acceptors (Lipinski definition) is 5. The van der Waals surface area contributed by atoms with Gasteiger partial charge in [-0.15, -0.1) is 0 Å². The van der Waals surface area contributed by atoms with E-state index in [2.05, 4.69) is 15.6 Å². The van der Waals surface area contributed by atoms with Gasteiger partial charge in [-0.05, 0) is 56.2 Å². The maximum Gasteiger partial charge on any atom is 0.322 e. The summed E-state index contributed by atoms with van der Waals surface area (Å²) in [6.07, 6.45) is 1.32. The molecule has 2 aromatic heterocycles. The fourth-order valence-electron chi connectivity index (χ4n) is 4.03. The molecule has 4 rings (SSSR count). The fraction of sp³-hybridized carbons (Fsp3) is 0.400. The van der Waals surface area contributed by atoms with Crippen LogP contribution in [0, 0.1) is 12.8 Å². The van der Waals surface area contributed by atoms with E-state index < -0.39 is 11.6 Å². The van der Waals surface area contributed by atoms with E-state index in [1.165, 1.54) is 0 Å². The molecular weight excluding hydrogens is 376 g/mol. The second kappa shape index (κ2) is 7.01. The van der Waals surface area contributed by atoms with E-state index in [9.17, 15) is 14.4 Å². The first kappa shape index (κ1) is 18.6. The predicted octanol–water partition coefficient (Wildman–Crippen LogP) is 2.57. The van der Waals surface area contributed by atoms with Crippen LogP contribution in [0.15, 0.2) is 29.0 Å². The molecule has 4 amide bonds. The number of carbonyl (C=O) groups excluding carboxylic acids is 3. The lowest BCUT2D eigenvalue weighted by atomic mass is 9.79.